The summed E-state index contributed by atoms with van der Waals surface area (Å²) in [5, 5.41) is 0. The molecule has 5 heteroatoms. The highest BCUT2D eigenvalue weighted by Crippen LogP contribution is 2.28. The van der Waals surface area contributed by atoms with Gasteiger partial charge in [0.2, 0.25) is 6.17 Å². The van der Waals surface area contributed by atoms with Crippen molar-refractivity contribution >= 4 is 0 Å². The van der Waals surface area contributed by atoms with Crippen LogP contribution in [-0.4, -0.2) is 18.5 Å². The molecular formula is C7H10F5. The summed E-state index contributed by atoms with van der Waals surface area (Å²) < 4.78 is 59.0. The van der Waals surface area contributed by atoms with Crippen molar-refractivity contribution in [3.05, 3.63) is 6.92 Å². The molecule has 0 rings (SSSR count). The van der Waals surface area contributed by atoms with E-state index in [1.807, 2.05) is 0 Å². The molecule has 0 aliphatic heterocycles. The lowest BCUT2D eigenvalue weighted by molar-refractivity contribution is -0.196. The molecule has 0 N–H and O–H groups in total. The second kappa shape index (κ2) is 4.62. The second-order valence-corrected chi connectivity index (χ2v) is 2.46. The van der Waals surface area contributed by atoms with Gasteiger partial charge in [-0.3, -0.25) is 0 Å². The summed E-state index contributed by atoms with van der Waals surface area (Å²) >= 11 is 0. The van der Waals surface area contributed by atoms with E-state index in [4.69, 9.17) is 0 Å². The fourth-order valence-electron chi connectivity index (χ4n) is 0.691. The molecule has 0 aromatic heterocycles. The van der Waals surface area contributed by atoms with Crippen LogP contribution in [0.5, 0.6) is 0 Å². The van der Waals surface area contributed by atoms with E-state index in [1.54, 1.807) is 0 Å². The Morgan fingerprint density at radius 1 is 1.17 bits per heavy atom. The molecular weight excluding hydrogens is 179 g/mol. The fourth-order valence-corrected chi connectivity index (χ4v) is 0.691. The summed E-state index contributed by atoms with van der Waals surface area (Å²) in [7, 11) is 0. The van der Waals surface area contributed by atoms with Crippen LogP contribution in [0.25, 0.3) is 0 Å². The molecule has 1 radical (unpaired) electrons. The van der Waals surface area contributed by atoms with Crippen molar-refractivity contribution in [1.82, 2.24) is 0 Å². The predicted molar refractivity (Wildman–Crippen MR) is 35.1 cm³/mol. The molecule has 0 heterocycles. The largest absolute Gasteiger partial charge is 0.422 e. The first-order chi connectivity index (χ1) is 5.39. The Bertz CT molecular complexity index is 119. The van der Waals surface area contributed by atoms with Gasteiger partial charge < -0.3 is 0 Å². The minimum Gasteiger partial charge on any atom is -0.244 e. The number of halogens is 5. The topological polar surface area (TPSA) is 0 Å². The maximum absolute atomic E-state index is 12.4. The van der Waals surface area contributed by atoms with E-state index in [-0.39, 0.29) is 6.42 Å². The van der Waals surface area contributed by atoms with Crippen LogP contribution in [0.3, 0.4) is 0 Å². The van der Waals surface area contributed by atoms with E-state index in [0.717, 1.165) is 0 Å². The average molecular weight is 189 g/mol. The Hall–Kier alpha value is -0.350. The van der Waals surface area contributed by atoms with Crippen molar-refractivity contribution in [2.45, 2.75) is 37.8 Å². The standard InChI is InChI=1S/C7H10F5/c1-2-3-4-5(8)6(9)7(10,11)12/h5-6H,1-4H2/t5?,6-/m0/s1. The number of rotatable bonds is 4. The summed E-state index contributed by atoms with van der Waals surface area (Å²) in [4.78, 5) is 0. The quantitative estimate of drug-likeness (QED) is 0.595. The highest BCUT2D eigenvalue weighted by Gasteiger charge is 2.45. The Morgan fingerprint density at radius 3 is 2.00 bits per heavy atom. The zero-order valence-electron chi connectivity index (χ0n) is 6.37. The van der Waals surface area contributed by atoms with Crippen LogP contribution in [0.2, 0.25) is 0 Å². The highest BCUT2D eigenvalue weighted by atomic mass is 19.4. The summed E-state index contributed by atoms with van der Waals surface area (Å²) in [6, 6.07) is 0. The van der Waals surface area contributed by atoms with Crippen molar-refractivity contribution in [2.75, 3.05) is 0 Å². The van der Waals surface area contributed by atoms with E-state index in [0.29, 0.717) is 6.42 Å². The Balaban J connectivity index is 3.84. The van der Waals surface area contributed by atoms with Crippen LogP contribution in [0.15, 0.2) is 0 Å². The first-order valence-corrected chi connectivity index (χ1v) is 3.53. The van der Waals surface area contributed by atoms with E-state index >= 15 is 0 Å². The van der Waals surface area contributed by atoms with Gasteiger partial charge in [0.25, 0.3) is 0 Å². The molecule has 0 saturated heterocycles. The molecule has 0 aromatic rings. The van der Waals surface area contributed by atoms with Crippen molar-refractivity contribution < 1.29 is 22.0 Å². The number of alkyl halides is 5. The first-order valence-electron chi connectivity index (χ1n) is 3.53. The van der Waals surface area contributed by atoms with Gasteiger partial charge in [-0.05, 0) is 6.42 Å². The third-order valence-electron chi connectivity index (χ3n) is 1.36. The van der Waals surface area contributed by atoms with Crippen molar-refractivity contribution in [2.24, 2.45) is 0 Å². The van der Waals surface area contributed by atoms with Crippen molar-refractivity contribution in [3.8, 4) is 0 Å². The van der Waals surface area contributed by atoms with Crippen LogP contribution < -0.4 is 0 Å². The van der Waals surface area contributed by atoms with Crippen LogP contribution in [0, 0.1) is 6.92 Å². The fraction of sp³-hybridized carbons (Fsp3) is 0.857. The van der Waals surface area contributed by atoms with E-state index in [9.17, 15) is 22.0 Å². The van der Waals surface area contributed by atoms with Gasteiger partial charge in [0.05, 0.1) is 0 Å². The predicted octanol–water partition coefficient (Wildman–Crippen LogP) is 3.23. The van der Waals surface area contributed by atoms with Gasteiger partial charge in [0, 0.05) is 0 Å². The second-order valence-electron chi connectivity index (χ2n) is 2.46. The molecule has 0 nitrogen and oxygen atoms in total. The summed E-state index contributed by atoms with van der Waals surface area (Å²) in [5.74, 6) is 0. The molecule has 0 amide bonds. The minimum atomic E-state index is -5.08. The van der Waals surface area contributed by atoms with Crippen LogP contribution in [-0.2, 0) is 0 Å². The normalized spacial score (nSPS) is 17.5. The SMILES string of the molecule is [CH2]CCCC(F)[C@H](F)C(F)(F)F. The first kappa shape index (κ1) is 11.6. The molecule has 0 aliphatic rings. The van der Waals surface area contributed by atoms with Gasteiger partial charge >= 0.3 is 6.18 Å². The molecule has 73 valence electrons. The maximum atomic E-state index is 12.4. The van der Waals surface area contributed by atoms with E-state index in [1.165, 1.54) is 0 Å². The Kier molecular flexibility index (Phi) is 4.49. The number of hydrogen-bond donors (Lipinski definition) is 0. The van der Waals surface area contributed by atoms with Gasteiger partial charge in [-0.15, -0.1) is 0 Å². The zero-order valence-corrected chi connectivity index (χ0v) is 6.37. The van der Waals surface area contributed by atoms with Gasteiger partial charge in [0.15, 0.2) is 0 Å². The molecule has 12 heavy (non-hydrogen) atoms. The van der Waals surface area contributed by atoms with Crippen LogP contribution in [0.4, 0.5) is 22.0 Å². The summed E-state index contributed by atoms with van der Waals surface area (Å²) in [5.41, 5.74) is 0. The minimum absolute atomic E-state index is 0.164. The van der Waals surface area contributed by atoms with Crippen molar-refractivity contribution in [1.29, 1.82) is 0 Å². The Morgan fingerprint density at radius 2 is 1.67 bits per heavy atom. The third kappa shape index (κ3) is 3.88. The van der Waals surface area contributed by atoms with Crippen molar-refractivity contribution in [3.63, 3.8) is 0 Å². The lowest BCUT2D eigenvalue weighted by atomic mass is 10.1. The summed E-state index contributed by atoms with van der Waals surface area (Å²) in [6.45, 7) is 3.31. The number of hydrogen-bond acceptors (Lipinski definition) is 0. The van der Waals surface area contributed by atoms with E-state index in [2.05, 4.69) is 6.92 Å². The molecule has 0 aromatic carbocycles. The van der Waals surface area contributed by atoms with Crippen LogP contribution >= 0.6 is 0 Å². The van der Waals surface area contributed by atoms with Gasteiger partial charge in [-0.25, -0.2) is 8.78 Å². The Labute approximate surface area is 67.8 Å². The molecule has 0 saturated carbocycles. The smallest absolute Gasteiger partial charge is 0.244 e. The maximum Gasteiger partial charge on any atom is 0.422 e. The monoisotopic (exact) mass is 189 g/mol. The molecule has 0 fully saturated rings. The lowest BCUT2D eigenvalue weighted by Gasteiger charge is -2.15. The van der Waals surface area contributed by atoms with Gasteiger partial charge in [0.1, 0.15) is 6.17 Å². The van der Waals surface area contributed by atoms with E-state index < -0.39 is 24.9 Å². The highest BCUT2D eigenvalue weighted by molar-refractivity contribution is 4.75. The van der Waals surface area contributed by atoms with Gasteiger partial charge in [-0.2, -0.15) is 13.2 Å². The zero-order chi connectivity index (χ0) is 9.78. The van der Waals surface area contributed by atoms with Gasteiger partial charge in [-0.1, -0.05) is 19.8 Å². The molecule has 0 aliphatic carbocycles. The molecule has 0 bridgehead atoms. The molecule has 1 unspecified atom stereocenters. The molecule has 2 atom stereocenters. The average Bonchev–Trinajstić information content (AvgIpc) is 1.97. The third-order valence-corrected chi connectivity index (χ3v) is 1.36. The van der Waals surface area contributed by atoms with Crippen LogP contribution in [0.1, 0.15) is 19.3 Å². The molecule has 0 spiro atoms. The summed E-state index contributed by atoms with van der Waals surface area (Å²) in [6.07, 6.45) is -10.8. The lowest BCUT2D eigenvalue weighted by Crippen LogP contribution is -2.33. The number of unbranched alkanes of at least 4 members (excludes halogenated alkanes) is 1.